The SMILES string of the molecule is CC1OCCC1(CN)COCc1ccccc1. The van der Waals surface area contributed by atoms with Crippen LogP contribution in [0.15, 0.2) is 30.3 Å². The Bertz CT molecular complexity index is 341. The summed E-state index contributed by atoms with van der Waals surface area (Å²) in [6.07, 6.45) is 1.20. The van der Waals surface area contributed by atoms with Crippen LogP contribution in [0, 0.1) is 5.41 Å². The Hall–Kier alpha value is -0.900. The summed E-state index contributed by atoms with van der Waals surface area (Å²) in [5, 5.41) is 0. The van der Waals surface area contributed by atoms with E-state index in [4.69, 9.17) is 15.2 Å². The van der Waals surface area contributed by atoms with Crippen molar-refractivity contribution in [1.29, 1.82) is 0 Å². The van der Waals surface area contributed by atoms with Crippen molar-refractivity contribution in [2.75, 3.05) is 19.8 Å². The summed E-state index contributed by atoms with van der Waals surface area (Å²) in [5.41, 5.74) is 7.09. The molecule has 2 rings (SSSR count). The van der Waals surface area contributed by atoms with Gasteiger partial charge in [0.25, 0.3) is 0 Å². The average molecular weight is 235 g/mol. The molecule has 2 N–H and O–H groups in total. The molecule has 2 atom stereocenters. The number of benzene rings is 1. The van der Waals surface area contributed by atoms with Gasteiger partial charge in [-0.1, -0.05) is 30.3 Å². The monoisotopic (exact) mass is 235 g/mol. The van der Waals surface area contributed by atoms with Gasteiger partial charge in [0.2, 0.25) is 0 Å². The summed E-state index contributed by atoms with van der Waals surface area (Å²) in [4.78, 5) is 0. The summed E-state index contributed by atoms with van der Waals surface area (Å²) in [5.74, 6) is 0. The minimum Gasteiger partial charge on any atom is -0.378 e. The van der Waals surface area contributed by atoms with Gasteiger partial charge in [-0.2, -0.15) is 0 Å². The van der Waals surface area contributed by atoms with Gasteiger partial charge < -0.3 is 15.2 Å². The lowest BCUT2D eigenvalue weighted by molar-refractivity contribution is -0.00786. The molecular formula is C14H21NO2. The van der Waals surface area contributed by atoms with E-state index in [1.54, 1.807) is 0 Å². The number of rotatable bonds is 5. The molecule has 3 nitrogen and oxygen atoms in total. The van der Waals surface area contributed by atoms with Crippen LogP contribution in [0.2, 0.25) is 0 Å². The summed E-state index contributed by atoms with van der Waals surface area (Å²) < 4.78 is 11.4. The third kappa shape index (κ3) is 2.86. The van der Waals surface area contributed by atoms with Crippen molar-refractivity contribution < 1.29 is 9.47 Å². The minimum atomic E-state index is 0.00871. The molecule has 17 heavy (non-hydrogen) atoms. The van der Waals surface area contributed by atoms with E-state index in [-0.39, 0.29) is 11.5 Å². The molecule has 0 bridgehead atoms. The van der Waals surface area contributed by atoms with Crippen molar-refractivity contribution in [3.63, 3.8) is 0 Å². The standard InChI is InChI=1S/C14H21NO2/c1-12-14(10-15,7-8-17-12)11-16-9-13-5-3-2-4-6-13/h2-6,12H,7-11,15H2,1H3. The Labute approximate surface area is 103 Å². The van der Waals surface area contributed by atoms with Crippen LogP contribution in [0.25, 0.3) is 0 Å². The molecule has 0 saturated carbocycles. The van der Waals surface area contributed by atoms with Gasteiger partial charge in [0.15, 0.2) is 0 Å². The van der Waals surface area contributed by atoms with E-state index in [1.807, 2.05) is 18.2 Å². The second-order valence-electron chi connectivity index (χ2n) is 4.81. The maximum absolute atomic E-state index is 5.88. The zero-order chi connectivity index (χ0) is 12.1. The first-order valence-electron chi connectivity index (χ1n) is 6.20. The highest BCUT2D eigenvalue weighted by atomic mass is 16.5. The van der Waals surface area contributed by atoms with Gasteiger partial charge in [0.1, 0.15) is 0 Å². The fourth-order valence-corrected chi connectivity index (χ4v) is 2.28. The van der Waals surface area contributed by atoms with Crippen molar-refractivity contribution in [3.05, 3.63) is 35.9 Å². The minimum absolute atomic E-state index is 0.00871. The number of nitrogens with two attached hydrogens (primary N) is 1. The van der Waals surface area contributed by atoms with Crippen LogP contribution in [-0.2, 0) is 16.1 Å². The molecule has 0 aromatic heterocycles. The van der Waals surface area contributed by atoms with E-state index < -0.39 is 0 Å². The third-order valence-corrected chi connectivity index (χ3v) is 3.74. The van der Waals surface area contributed by atoms with Crippen LogP contribution in [0.5, 0.6) is 0 Å². The molecule has 1 aliphatic rings. The fourth-order valence-electron chi connectivity index (χ4n) is 2.28. The molecule has 0 aliphatic carbocycles. The van der Waals surface area contributed by atoms with Crippen LogP contribution < -0.4 is 5.73 Å². The molecule has 1 saturated heterocycles. The largest absolute Gasteiger partial charge is 0.378 e. The molecule has 0 radical (unpaired) electrons. The van der Waals surface area contributed by atoms with Crippen molar-refractivity contribution in [2.24, 2.45) is 11.1 Å². The number of ether oxygens (including phenoxy) is 2. The van der Waals surface area contributed by atoms with Crippen LogP contribution in [0.1, 0.15) is 18.9 Å². The predicted octanol–water partition coefficient (Wildman–Crippen LogP) is 1.96. The van der Waals surface area contributed by atoms with E-state index in [2.05, 4.69) is 19.1 Å². The fraction of sp³-hybridized carbons (Fsp3) is 0.571. The van der Waals surface area contributed by atoms with Gasteiger partial charge in [0.05, 0.1) is 19.3 Å². The summed E-state index contributed by atoms with van der Waals surface area (Å²) in [7, 11) is 0. The molecule has 3 heteroatoms. The Kier molecular flexibility index (Phi) is 4.15. The first-order valence-corrected chi connectivity index (χ1v) is 6.20. The first-order chi connectivity index (χ1) is 8.27. The molecule has 1 aromatic rings. The highest BCUT2D eigenvalue weighted by Gasteiger charge is 2.40. The predicted molar refractivity (Wildman–Crippen MR) is 67.6 cm³/mol. The van der Waals surface area contributed by atoms with E-state index in [0.29, 0.717) is 19.8 Å². The van der Waals surface area contributed by atoms with E-state index in [1.165, 1.54) is 5.56 Å². The molecule has 1 fully saturated rings. The van der Waals surface area contributed by atoms with Crippen molar-refractivity contribution >= 4 is 0 Å². The maximum atomic E-state index is 5.88. The van der Waals surface area contributed by atoms with Crippen molar-refractivity contribution in [2.45, 2.75) is 26.1 Å². The summed E-state index contributed by atoms with van der Waals surface area (Å²) in [6.45, 7) is 4.84. The molecule has 1 heterocycles. The molecule has 94 valence electrons. The van der Waals surface area contributed by atoms with E-state index in [9.17, 15) is 0 Å². The maximum Gasteiger partial charge on any atom is 0.0717 e. The highest BCUT2D eigenvalue weighted by Crippen LogP contribution is 2.34. The lowest BCUT2D eigenvalue weighted by Gasteiger charge is -2.30. The molecule has 0 amide bonds. The van der Waals surface area contributed by atoms with E-state index in [0.717, 1.165) is 13.0 Å². The van der Waals surface area contributed by atoms with Gasteiger partial charge in [-0.05, 0) is 18.9 Å². The van der Waals surface area contributed by atoms with Crippen LogP contribution in [0.4, 0.5) is 0 Å². The second kappa shape index (κ2) is 5.63. The topological polar surface area (TPSA) is 44.5 Å². The molecule has 1 aliphatic heterocycles. The first kappa shape index (κ1) is 12.6. The Balaban J connectivity index is 1.85. The van der Waals surface area contributed by atoms with Gasteiger partial charge in [-0.15, -0.1) is 0 Å². The lowest BCUT2D eigenvalue weighted by Crippen LogP contribution is -2.40. The molecule has 2 unspecified atom stereocenters. The smallest absolute Gasteiger partial charge is 0.0717 e. The average Bonchev–Trinajstić information content (AvgIpc) is 2.73. The molecule has 0 spiro atoms. The summed E-state index contributed by atoms with van der Waals surface area (Å²) >= 11 is 0. The second-order valence-corrected chi connectivity index (χ2v) is 4.81. The van der Waals surface area contributed by atoms with Crippen LogP contribution >= 0.6 is 0 Å². The normalized spacial score (nSPS) is 28.5. The van der Waals surface area contributed by atoms with Crippen LogP contribution in [0.3, 0.4) is 0 Å². The van der Waals surface area contributed by atoms with Gasteiger partial charge in [-0.3, -0.25) is 0 Å². The molecular weight excluding hydrogens is 214 g/mol. The quantitative estimate of drug-likeness (QED) is 0.848. The van der Waals surface area contributed by atoms with Crippen molar-refractivity contribution in [1.82, 2.24) is 0 Å². The Morgan fingerprint density at radius 3 is 2.76 bits per heavy atom. The highest BCUT2D eigenvalue weighted by molar-refractivity contribution is 5.13. The van der Waals surface area contributed by atoms with Crippen LogP contribution in [-0.4, -0.2) is 25.9 Å². The van der Waals surface area contributed by atoms with Gasteiger partial charge in [-0.25, -0.2) is 0 Å². The third-order valence-electron chi connectivity index (χ3n) is 3.74. The zero-order valence-electron chi connectivity index (χ0n) is 10.4. The van der Waals surface area contributed by atoms with Crippen molar-refractivity contribution in [3.8, 4) is 0 Å². The Morgan fingerprint density at radius 1 is 1.41 bits per heavy atom. The number of hydrogen-bond donors (Lipinski definition) is 1. The summed E-state index contributed by atoms with van der Waals surface area (Å²) in [6, 6.07) is 10.2. The van der Waals surface area contributed by atoms with E-state index >= 15 is 0 Å². The molecule has 1 aromatic carbocycles. The zero-order valence-corrected chi connectivity index (χ0v) is 10.4. The Morgan fingerprint density at radius 2 is 2.18 bits per heavy atom. The number of hydrogen-bond acceptors (Lipinski definition) is 3. The lowest BCUT2D eigenvalue weighted by atomic mass is 9.82. The van der Waals surface area contributed by atoms with Gasteiger partial charge >= 0.3 is 0 Å². The van der Waals surface area contributed by atoms with Gasteiger partial charge in [0, 0.05) is 18.6 Å².